The van der Waals surface area contributed by atoms with Crippen LogP contribution in [0.4, 0.5) is 0 Å². The minimum atomic E-state index is -0.896. The van der Waals surface area contributed by atoms with E-state index in [4.69, 9.17) is 5.11 Å². The molecule has 8 heteroatoms. The molecule has 2 heterocycles. The van der Waals surface area contributed by atoms with Crippen molar-refractivity contribution >= 4 is 22.3 Å². The molecule has 108 valence electrons. The summed E-state index contributed by atoms with van der Waals surface area (Å²) in [6.07, 6.45) is 0. The molecule has 2 N–H and O–H groups in total. The molecule has 0 amide bonds. The number of nitrogens with zero attached hydrogens (tertiary/aromatic N) is 3. The van der Waals surface area contributed by atoms with E-state index in [1.807, 2.05) is 13.8 Å². The van der Waals surface area contributed by atoms with E-state index >= 15 is 0 Å². The predicted octanol–water partition coefficient (Wildman–Crippen LogP) is 0.658. The third-order valence-corrected chi connectivity index (χ3v) is 3.73. The van der Waals surface area contributed by atoms with Crippen LogP contribution in [-0.4, -0.2) is 31.7 Å². The summed E-state index contributed by atoms with van der Waals surface area (Å²) in [5.41, 5.74) is 0.414. The average Bonchev–Trinajstić information content (AvgIpc) is 2.71. The predicted molar refractivity (Wildman–Crippen MR) is 75.0 cm³/mol. The van der Waals surface area contributed by atoms with Crippen LogP contribution in [0.15, 0.2) is 10.9 Å². The lowest BCUT2D eigenvalue weighted by Crippen LogP contribution is -2.40. The molecule has 0 radical (unpaired) electrons. The van der Waals surface area contributed by atoms with Gasteiger partial charge in [0.1, 0.15) is 11.0 Å². The Kier molecular flexibility index (Phi) is 4.15. The first kappa shape index (κ1) is 14.6. The van der Waals surface area contributed by atoms with Crippen molar-refractivity contribution in [1.29, 1.82) is 0 Å². The van der Waals surface area contributed by atoms with Gasteiger partial charge in [0, 0.05) is 11.8 Å². The molecule has 0 aliphatic heterocycles. The quantitative estimate of drug-likeness (QED) is 0.841. The summed E-state index contributed by atoms with van der Waals surface area (Å²) in [4.78, 5) is 27.6. The summed E-state index contributed by atoms with van der Waals surface area (Å²) in [6.45, 7) is 5.71. The van der Waals surface area contributed by atoms with E-state index in [2.05, 4.69) is 15.4 Å². The summed E-state index contributed by atoms with van der Waals surface area (Å²) in [6, 6.07) is 0.770. The average molecular weight is 296 g/mol. The molecule has 2 rings (SSSR count). The number of hydrogen-bond donors (Lipinski definition) is 2. The van der Waals surface area contributed by atoms with Crippen molar-refractivity contribution in [2.45, 2.75) is 33.4 Å². The summed E-state index contributed by atoms with van der Waals surface area (Å²) >= 11 is 1.28. The van der Waals surface area contributed by atoms with Crippen LogP contribution in [0, 0.1) is 12.8 Å². The Labute approximate surface area is 119 Å². The Morgan fingerprint density at radius 1 is 1.55 bits per heavy atom. The largest absolute Gasteiger partial charge is 0.480 e. The molecule has 2 aromatic heterocycles. The molecule has 1 atom stereocenters. The lowest BCUT2D eigenvalue weighted by molar-refractivity contribution is -0.140. The number of carboxylic acid groups (broad SMARTS) is 1. The van der Waals surface area contributed by atoms with Crippen LogP contribution in [0.1, 0.15) is 24.5 Å². The van der Waals surface area contributed by atoms with Gasteiger partial charge in [-0.25, -0.2) is 4.98 Å². The topological polar surface area (TPSA) is 96.6 Å². The highest BCUT2D eigenvalue weighted by Gasteiger charge is 2.21. The number of fused-ring (bicyclic) bond motifs is 1. The van der Waals surface area contributed by atoms with Crippen LogP contribution in [-0.2, 0) is 11.3 Å². The van der Waals surface area contributed by atoms with E-state index < -0.39 is 12.0 Å². The van der Waals surface area contributed by atoms with E-state index in [9.17, 15) is 9.59 Å². The first-order chi connectivity index (χ1) is 9.38. The van der Waals surface area contributed by atoms with E-state index in [-0.39, 0.29) is 11.5 Å². The molecular formula is C12H16N4O3S. The van der Waals surface area contributed by atoms with Crippen LogP contribution < -0.4 is 10.9 Å². The maximum Gasteiger partial charge on any atom is 0.320 e. The van der Waals surface area contributed by atoms with E-state index in [0.717, 1.165) is 0 Å². The van der Waals surface area contributed by atoms with Gasteiger partial charge in [-0.2, -0.15) is 9.61 Å². The van der Waals surface area contributed by atoms with Crippen molar-refractivity contribution in [3.63, 3.8) is 0 Å². The summed E-state index contributed by atoms with van der Waals surface area (Å²) in [7, 11) is 0. The first-order valence-electron chi connectivity index (χ1n) is 6.21. The summed E-state index contributed by atoms with van der Waals surface area (Å²) < 4.78 is 1.24. The second kappa shape index (κ2) is 5.68. The zero-order valence-electron chi connectivity index (χ0n) is 11.5. The molecule has 0 aliphatic carbocycles. The van der Waals surface area contributed by atoms with Gasteiger partial charge in [-0.1, -0.05) is 25.2 Å². The number of hydrogen-bond acceptors (Lipinski definition) is 6. The standard InChI is InChI=1S/C12H16N4O3S/c1-6(2)10(11(18)19)13-5-8-15-16-9(17)4-7(3)14-12(16)20-8/h4,6,10,13H,5H2,1-3H3,(H,18,19). The molecule has 2 aromatic rings. The van der Waals surface area contributed by atoms with Crippen molar-refractivity contribution in [2.24, 2.45) is 5.92 Å². The maximum absolute atomic E-state index is 11.7. The highest BCUT2D eigenvalue weighted by atomic mass is 32.1. The molecule has 7 nitrogen and oxygen atoms in total. The third kappa shape index (κ3) is 3.02. The van der Waals surface area contributed by atoms with Crippen LogP contribution in [0.25, 0.3) is 4.96 Å². The SMILES string of the molecule is Cc1cc(=O)n2nc(CNC(C(=O)O)C(C)C)sc2n1. The van der Waals surface area contributed by atoms with Gasteiger partial charge in [0.15, 0.2) is 0 Å². The van der Waals surface area contributed by atoms with Gasteiger partial charge in [0.25, 0.3) is 5.56 Å². The lowest BCUT2D eigenvalue weighted by Gasteiger charge is -2.16. The highest BCUT2D eigenvalue weighted by Crippen LogP contribution is 2.12. The van der Waals surface area contributed by atoms with Crippen LogP contribution in [0.3, 0.4) is 0 Å². The molecule has 1 unspecified atom stereocenters. The Hall–Kier alpha value is -1.80. The zero-order valence-corrected chi connectivity index (χ0v) is 12.3. The van der Waals surface area contributed by atoms with Crippen molar-refractivity contribution in [2.75, 3.05) is 0 Å². The summed E-state index contributed by atoms with van der Waals surface area (Å²) in [5.74, 6) is -0.933. The second-order valence-electron chi connectivity index (χ2n) is 4.87. The molecule has 0 spiro atoms. The van der Waals surface area contributed by atoms with Gasteiger partial charge < -0.3 is 5.11 Å². The molecule has 0 bridgehead atoms. The number of aliphatic carboxylic acids is 1. The van der Waals surface area contributed by atoms with E-state index in [1.165, 1.54) is 21.9 Å². The molecule has 20 heavy (non-hydrogen) atoms. The molecular weight excluding hydrogens is 280 g/mol. The highest BCUT2D eigenvalue weighted by molar-refractivity contribution is 7.16. The fourth-order valence-electron chi connectivity index (χ4n) is 1.84. The maximum atomic E-state index is 11.7. The van der Waals surface area contributed by atoms with Gasteiger partial charge in [0.05, 0.1) is 6.54 Å². The number of carboxylic acids is 1. The molecule has 0 aliphatic rings. The Morgan fingerprint density at radius 3 is 2.85 bits per heavy atom. The first-order valence-corrected chi connectivity index (χ1v) is 7.02. The Morgan fingerprint density at radius 2 is 2.25 bits per heavy atom. The third-order valence-electron chi connectivity index (χ3n) is 2.82. The van der Waals surface area contributed by atoms with Crippen molar-refractivity contribution in [3.8, 4) is 0 Å². The molecule has 0 saturated carbocycles. The Balaban J connectivity index is 2.20. The monoisotopic (exact) mass is 296 g/mol. The van der Waals surface area contributed by atoms with Crippen LogP contribution >= 0.6 is 11.3 Å². The zero-order chi connectivity index (χ0) is 14.9. The minimum absolute atomic E-state index is 0.0371. The second-order valence-corrected chi connectivity index (χ2v) is 5.91. The lowest BCUT2D eigenvalue weighted by atomic mass is 10.1. The van der Waals surface area contributed by atoms with Gasteiger partial charge in [-0.05, 0) is 12.8 Å². The van der Waals surface area contributed by atoms with E-state index in [1.54, 1.807) is 6.92 Å². The molecule has 0 aromatic carbocycles. The number of nitrogens with one attached hydrogen (secondary N) is 1. The van der Waals surface area contributed by atoms with E-state index in [0.29, 0.717) is 22.2 Å². The summed E-state index contributed by atoms with van der Waals surface area (Å²) in [5, 5.41) is 16.8. The number of aryl methyl sites for hydroxylation is 1. The smallest absolute Gasteiger partial charge is 0.320 e. The number of carbonyl (C=O) groups is 1. The normalized spacial score (nSPS) is 13.0. The molecule has 0 fully saturated rings. The van der Waals surface area contributed by atoms with Crippen LogP contribution in [0.2, 0.25) is 0 Å². The number of aromatic nitrogens is 3. The van der Waals surface area contributed by atoms with Crippen molar-refractivity contribution < 1.29 is 9.90 Å². The number of rotatable bonds is 5. The van der Waals surface area contributed by atoms with Crippen LogP contribution in [0.5, 0.6) is 0 Å². The van der Waals surface area contributed by atoms with Gasteiger partial charge in [-0.3, -0.25) is 14.9 Å². The minimum Gasteiger partial charge on any atom is -0.480 e. The Bertz CT molecular complexity index is 692. The molecule has 0 saturated heterocycles. The van der Waals surface area contributed by atoms with Crippen molar-refractivity contribution in [1.82, 2.24) is 19.9 Å². The fourth-order valence-corrected chi connectivity index (χ4v) is 2.73. The fraction of sp³-hybridized carbons (Fsp3) is 0.500. The van der Waals surface area contributed by atoms with Crippen molar-refractivity contribution in [3.05, 3.63) is 27.1 Å². The van der Waals surface area contributed by atoms with Gasteiger partial charge in [0.2, 0.25) is 4.96 Å². The van der Waals surface area contributed by atoms with Gasteiger partial charge >= 0.3 is 5.97 Å². The van der Waals surface area contributed by atoms with Gasteiger partial charge in [-0.15, -0.1) is 0 Å².